The van der Waals surface area contributed by atoms with E-state index in [4.69, 9.17) is 34.8 Å². The maximum absolute atomic E-state index is 12.3. The number of benzene rings is 1. The molecule has 0 saturated carbocycles. The second kappa shape index (κ2) is 5.76. The molecule has 1 aromatic carbocycles. The smallest absolute Gasteiger partial charge is 0.255 e. The van der Waals surface area contributed by atoms with E-state index < -0.39 is 0 Å². The maximum Gasteiger partial charge on any atom is 0.255 e. The normalized spacial score (nSPS) is 10.9. The zero-order valence-electron chi connectivity index (χ0n) is 11.3. The lowest BCUT2D eigenvalue weighted by Gasteiger charge is -2.10. The Balaban J connectivity index is 1.93. The number of nitrogens with one attached hydrogen (secondary N) is 1. The number of anilines is 1. The Bertz CT molecular complexity index is 868. The van der Waals surface area contributed by atoms with Gasteiger partial charge in [-0.2, -0.15) is 0 Å². The highest BCUT2D eigenvalue weighted by molar-refractivity contribution is 6.42. The second-order valence-electron chi connectivity index (χ2n) is 4.59. The van der Waals surface area contributed by atoms with Gasteiger partial charge in [0.1, 0.15) is 5.82 Å². The minimum Gasteiger partial charge on any atom is -0.319 e. The van der Waals surface area contributed by atoms with Crippen LogP contribution in [0.2, 0.25) is 15.1 Å². The van der Waals surface area contributed by atoms with Crippen LogP contribution < -0.4 is 5.32 Å². The third-order valence-corrected chi connectivity index (χ3v) is 3.90. The number of pyridine rings is 1. The molecule has 8 heteroatoms. The Morgan fingerprint density at radius 1 is 1.14 bits per heavy atom. The summed E-state index contributed by atoms with van der Waals surface area (Å²) >= 11 is 18.0. The number of hydrogen-bond donors (Lipinski definition) is 1. The molecule has 2 aromatic heterocycles. The molecule has 0 aliphatic carbocycles. The van der Waals surface area contributed by atoms with Crippen LogP contribution in [0.3, 0.4) is 0 Å². The highest BCUT2D eigenvalue weighted by atomic mass is 35.5. The number of halogens is 3. The molecule has 0 aliphatic rings. The third-order valence-electron chi connectivity index (χ3n) is 3.09. The van der Waals surface area contributed by atoms with E-state index in [2.05, 4.69) is 15.5 Å². The van der Waals surface area contributed by atoms with Crippen LogP contribution in [0.1, 0.15) is 16.2 Å². The molecule has 0 radical (unpaired) electrons. The van der Waals surface area contributed by atoms with Gasteiger partial charge in [-0.15, -0.1) is 10.2 Å². The number of fused-ring (bicyclic) bond motifs is 1. The van der Waals surface area contributed by atoms with Gasteiger partial charge in [0.2, 0.25) is 0 Å². The van der Waals surface area contributed by atoms with Crippen molar-refractivity contribution in [3.8, 4) is 0 Å². The van der Waals surface area contributed by atoms with Gasteiger partial charge >= 0.3 is 0 Å². The lowest BCUT2D eigenvalue weighted by molar-refractivity contribution is 0.102. The van der Waals surface area contributed by atoms with Crippen molar-refractivity contribution in [2.24, 2.45) is 0 Å². The van der Waals surface area contributed by atoms with Crippen LogP contribution in [0.15, 0.2) is 30.5 Å². The third kappa shape index (κ3) is 2.75. The molecule has 3 rings (SSSR count). The van der Waals surface area contributed by atoms with Gasteiger partial charge in [0.15, 0.2) is 5.65 Å². The minimum absolute atomic E-state index is 0.269. The van der Waals surface area contributed by atoms with E-state index in [9.17, 15) is 4.79 Å². The number of rotatable bonds is 2. The van der Waals surface area contributed by atoms with E-state index in [1.807, 2.05) is 6.92 Å². The van der Waals surface area contributed by atoms with E-state index >= 15 is 0 Å². The van der Waals surface area contributed by atoms with Crippen molar-refractivity contribution in [3.05, 3.63) is 56.9 Å². The van der Waals surface area contributed by atoms with Crippen LogP contribution in [-0.4, -0.2) is 20.5 Å². The van der Waals surface area contributed by atoms with E-state index in [0.29, 0.717) is 21.9 Å². The van der Waals surface area contributed by atoms with Crippen molar-refractivity contribution in [2.45, 2.75) is 6.92 Å². The molecule has 1 N–H and O–H groups in total. The fourth-order valence-corrected chi connectivity index (χ4v) is 2.91. The van der Waals surface area contributed by atoms with E-state index in [0.717, 1.165) is 5.82 Å². The average Bonchev–Trinajstić information content (AvgIpc) is 2.83. The Kier molecular flexibility index (Phi) is 3.95. The summed E-state index contributed by atoms with van der Waals surface area (Å²) in [5, 5.41) is 11.5. The zero-order chi connectivity index (χ0) is 15.9. The number of aryl methyl sites for hydroxylation is 1. The van der Waals surface area contributed by atoms with Crippen molar-refractivity contribution in [1.29, 1.82) is 0 Å². The predicted molar refractivity (Wildman–Crippen MR) is 87.1 cm³/mol. The van der Waals surface area contributed by atoms with Crippen molar-refractivity contribution >= 4 is 52.0 Å². The van der Waals surface area contributed by atoms with E-state index in [1.54, 1.807) is 22.7 Å². The number of carbonyl (C=O) groups is 1. The summed E-state index contributed by atoms with van der Waals surface area (Å²) in [6.07, 6.45) is 1.73. The molecule has 2 heterocycles. The first-order valence-electron chi connectivity index (χ1n) is 6.23. The first kappa shape index (κ1) is 15.1. The first-order valence-corrected chi connectivity index (χ1v) is 7.36. The zero-order valence-corrected chi connectivity index (χ0v) is 13.5. The standard InChI is InChI=1S/C14H9Cl3N4O/c1-7-19-20-12-4-8(2-3-21(7)12)14(22)18-13-10(16)5-9(15)6-11(13)17/h2-6H,1H3,(H,18,22). The molecule has 3 aromatic rings. The van der Waals surface area contributed by atoms with Crippen LogP contribution in [-0.2, 0) is 0 Å². The maximum atomic E-state index is 12.3. The number of amides is 1. The van der Waals surface area contributed by atoms with E-state index in [1.165, 1.54) is 12.1 Å². The van der Waals surface area contributed by atoms with Gasteiger partial charge in [-0.05, 0) is 31.2 Å². The van der Waals surface area contributed by atoms with Crippen molar-refractivity contribution < 1.29 is 4.79 Å². The van der Waals surface area contributed by atoms with Crippen molar-refractivity contribution in [2.75, 3.05) is 5.32 Å². The Hall–Kier alpha value is -1.82. The van der Waals surface area contributed by atoms with Gasteiger partial charge in [-0.1, -0.05) is 34.8 Å². The molecule has 0 spiro atoms. The van der Waals surface area contributed by atoms with Gasteiger partial charge in [0.05, 0.1) is 15.7 Å². The van der Waals surface area contributed by atoms with Gasteiger partial charge in [0.25, 0.3) is 5.91 Å². The monoisotopic (exact) mass is 354 g/mol. The fourth-order valence-electron chi connectivity index (χ4n) is 2.00. The summed E-state index contributed by atoms with van der Waals surface area (Å²) in [6, 6.07) is 6.31. The molecule has 112 valence electrons. The summed E-state index contributed by atoms with van der Waals surface area (Å²) < 4.78 is 1.78. The van der Waals surface area contributed by atoms with Crippen LogP contribution in [0.25, 0.3) is 5.65 Å². The summed E-state index contributed by atoms with van der Waals surface area (Å²) in [7, 11) is 0. The number of hydrogen-bond acceptors (Lipinski definition) is 3. The predicted octanol–water partition coefficient (Wildman–Crippen LogP) is 4.25. The van der Waals surface area contributed by atoms with Crippen LogP contribution in [0.4, 0.5) is 5.69 Å². The molecule has 1 amide bonds. The molecule has 0 saturated heterocycles. The summed E-state index contributed by atoms with van der Waals surface area (Å²) in [5.74, 6) is 0.389. The fraction of sp³-hybridized carbons (Fsp3) is 0.0714. The lowest BCUT2D eigenvalue weighted by atomic mass is 10.2. The molecular weight excluding hydrogens is 347 g/mol. The molecule has 0 unspecified atom stereocenters. The Morgan fingerprint density at radius 3 is 2.50 bits per heavy atom. The average molecular weight is 356 g/mol. The van der Waals surface area contributed by atoms with Crippen LogP contribution in [0, 0.1) is 6.92 Å². The van der Waals surface area contributed by atoms with E-state index in [-0.39, 0.29) is 16.0 Å². The molecule has 5 nitrogen and oxygen atoms in total. The summed E-state index contributed by atoms with van der Waals surface area (Å²) in [4.78, 5) is 12.3. The highest BCUT2D eigenvalue weighted by Crippen LogP contribution is 2.33. The molecule has 0 atom stereocenters. The van der Waals surface area contributed by atoms with Crippen LogP contribution in [0.5, 0.6) is 0 Å². The van der Waals surface area contributed by atoms with Gasteiger partial charge in [-0.25, -0.2) is 0 Å². The number of carbonyl (C=O) groups excluding carboxylic acids is 1. The number of aromatic nitrogens is 3. The van der Waals surface area contributed by atoms with Crippen molar-refractivity contribution in [1.82, 2.24) is 14.6 Å². The molecule has 0 bridgehead atoms. The van der Waals surface area contributed by atoms with Crippen LogP contribution >= 0.6 is 34.8 Å². The lowest BCUT2D eigenvalue weighted by Crippen LogP contribution is -2.13. The molecular formula is C14H9Cl3N4O. The quantitative estimate of drug-likeness (QED) is 0.747. The highest BCUT2D eigenvalue weighted by Gasteiger charge is 2.14. The topological polar surface area (TPSA) is 59.3 Å². The molecule has 22 heavy (non-hydrogen) atoms. The van der Waals surface area contributed by atoms with Crippen molar-refractivity contribution in [3.63, 3.8) is 0 Å². The largest absolute Gasteiger partial charge is 0.319 e. The SMILES string of the molecule is Cc1nnc2cc(C(=O)Nc3c(Cl)cc(Cl)cc3Cl)ccn12. The molecule has 0 aliphatic heterocycles. The molecule has 0 fully saturated rings. The Morgan fingerprint density at radius 2 is 1.82 bits per heavy atom. The second-order valence-corrected chi connectivity index (χ2v) is 5.84. The van der Waals surface area contributed by atoms with Gasteiger partial charge in [0, 0.05) is 16.8 Å². The first-order chi connectivity index (χ1) is 10.5. The summed E-state index contributed by atoms with van der Waals surface area (Å²) in [6.45, 7) is 1.83. The van der Waals surface area contributed by atoms with Gasteiger partial charge in [-0.3, -0.25) is 9.20 Å². The minimum atomic E-state index is -0.353. The summed E-state index contributed by atoms with van der Waals surface area (Å²) in [5.41, 5.74) is 1.32. The van der Waals surface area contributed by atoms with Gasteiger partial charge < -0.3 is 5.32 Å². The Labute approximate surface area is 140 Å². The number of nitrogens with zero attached hydrogens (tertiary/aromatic N) is 3.